The lowest BCUT2D eigenvalue weighted by Crippen LogP contribution is -2.55. The average Bonchev–Trinajstić information content (AvgIpc) is 3.04. The summed E-state index contributed by atoms with van der Waals surface area (Å²) in [6, 6.07) is 16.1. The van der Waals surface area contributed by atoms with E-state index in [0.717, 1.165) is 5.75 Å². The minimum atomic E-state index is -0.904. The summed E-state index contributed by atoms with van der Waals surface area (Å²) in [7, 11) is 0. The highest BCUT2D eigenvalue weighted by molar-refractivity contribution is 6.07. The maximum atomic E-state index is 13.1. The summed E-state index contributed by atoms with van der Waals surface area (Å²) in [5.41, 5.74) is -0.438. The van der Waals surface area contributed by atoms with E-state index in [1.807, 2.05) is 36.4 Å². The molecule has 0 saturated carbocycles. The Hall–Kier alpha value is -3.55. The molecule has 2 aromatic rings. The molecule has 4 rings (SSSR count). The van der Waals surface area contributed by atoms with E-state index in [0.29, 0.717) is 50.5 Å². The molecule has 4 amide bonds. The van der Waals surface area contributed by atoms with Crippen molar-refractivity contribution in [2.75, 3.05) is 26.3 Å². The van der Waals surface area contributed by atoms with Crippen molar-refractivity contribution in [2.24, 2.45) is 0 Å². The number of carbonyl (C=O) groups is 3. The standard InChI is InChI=1S/C22H23N3O5/c26-19(25-12-10-22(11-13-25)20(27)23-21(28)24-22)17-8-4-5-9-18(17)30-15-14-29-16-6-2-1-3-7-16/h1-9H,10-15H2,(H2,23,24,27,28). The zero-order valence-corrected chi connectivity index (χ0v) is 16.4. The van der Waals surface area contributed by atoms with Crippen molar-refractivity contribution in [3.05, 3.63) is 60.2 Å². The largest absolute Gasteiger partial charge is 0.490 e. The Bertz CT molecular complexity index is 939. The van der Waals surface area contributed by atoms with Crippen molar-refractivity contribution in [3.8, 4) is 11.5 Å². The number of hydrogen-bond donors (Lipinski definition) is 2. The van der Waals surface area contributed by atoms with Gasteiger partial charge in [-0.05, 0) is 37.1 Å². The van der Waals surface area contributed by atoms with Gasteiger partial charge >= 0.3 is 6.03 Å². The maximum Gasteiger partial charge on any atom is 0.322 e. The average molecular weight is 409 g/mol. The number of hydrogen-bond acceptors (Lipinski definition) is 5. The van der Waals surface area contributed by atoms with Crippen molar-refractivity contribution >= 4 is 17.8 Å². The highest BCUT2D eigenvalue weighted by Gasteiger charge is 2.48. The number of para-hydroxylation sites is 2. The fraction of sp³-hybridized carbons (Fsp3) is 0.318. The Morgan fingerprint density at radius 1 is 0.933 bits per heavy atom. The molecule has 30 heavy (non-hydrogen) atoms. The van der Waals surface area contributed by atoms with Crippen LogP contribution in [-0.4, -0.2) is 54.6 Å². The Morgan fingerprint density at radius 3 is 2.30 bits per heavy atom. The van der Waals surface area contributed by atoms with Gasteiger partial charge < -0.3 is 19.7 Å². The molecular weight excluding hydrogens is 386 g/mol. The molecule has 0 radical (unpaired) electrons. The van der Waals surface area contributed by atoms with E-state index >= 15 is 0 Å². The van der Waals surface area contributed by atoms with Gasteiger partial charge in [-0.1, -0.05) is 30.3 Å². The van der Waals surface area contributed by atoms with Gasteiger partial charge in [0.05, 0.1) is 5.56 Å². The predicted molar refractivity (Wildman–Crippen MR) is 108 cm³/mol. The first-order valence-corrected chi connectivity index (χ1v) is 9.90. The SMILES string of the molecule is O=C1NC(=O)C2(CCN(C(=O)c3ccccc3OCCOc3ccccc3)CC2)N1. The lowest BCUT2D eigenvalue weighted by molar-refractivity contribution is -0.125. The van der Waals surface area contributed by atoms with Gasteiger partial charge in [-0.15, -0.1) is 0 Å². The monoisotopic (exact) mass is 409 g/mol. The molecule has 0 atom stereocenters. The molecule has 8 nitrogen and oxygen atoms in total. The van der Waals surface area contributed by atoms with Crippen molar-refractivity contribution in [1.29, 1.82) is 0 Å². The molecular formula is C22H23N3O5. The Morgan fingerprint density at radius 2 is 1.60 bits per heavy atom. The van der Waals surface area contributed by atoms with Crippen molar-refractivity contribution in [3.63, 3.8) is 0 Å². The topological polar surface area (TPSA) is 97.0 Å². The Balaban J connectivity index is 1.34. The van der Waals surface area contributed by atoms with Crippen LogP contribution in [-0.2, 0) is 4.79 Å². The number of nitrogens with zero attached hydrogens (tertiary/aromatic N) is 1. The van der Waals surface area contributed by atoms with E-state index in [2.05, 4.69) is 10.6 Å². The molecule has 2 fully saturated rings. The summed E-state index contributed by atoms with van der Waals surface area (Å²) in [4.78, 5) is 38.3. The molecule has 156 valence electrons. The van der Waals surface area contributed by atoms with Crippen LogP contribution in [0.1, 0.15) is 23.2 Å². The van der Waals surface area contributed by atoms with E-state index < -0.39 is 11.6 Å². The van der Waals surface area contributed by atoms with E-state index in [1.54, 1.807) is 23.1 Å². The summed E-state index contributed by atoms with van der Waals surface area (Å²) in [6.45, 7) is 1.40. The normalized spacial score (nSPS) is 17.4. The number of imide groups is 1. The van der Waals surface area contributed by atoms with Crippen LogP contribution in [0.5, 0.6) is 11.5 Å². The van der Waals surface area contributed by atoms with Crippen LogP contribution >= 0.6 is 0 Å². The molecule has 2 aliphatic heterocycles. The van der Waals surface area contributed by atoms with Crippen molar-refractivity contribution in [2.45, 2.75) is 18.4 Å². The van der Waals surface area contributed by atoms with Gasteiger partial charge in [-0.3, -0.25) is 14.9 Å². The van der Waals surface area contributed by atoms with Gasteiger partial charge in [-0.25, -0.2) is 4.79 Å². The molecule has 0 aliphatic carbocycles. The fourth-order valence-corrected chi connectivity index (χ4v) is 3.74. The van der Waals surface area contributed by atoms with Crippen molar-refractivity contribution < 1.29 is 23.9 Å². The minimum absolute atomic E-state index is 0.158. The third kappa shape index (κ3) is 4.07. The lowest BCUT2D eigenvalue weighted by Gasteiger charge is -2.37. The van der Waals surface area contributed by atoms with Gasteiger partial charge in [0.15, 0.2) is 0 Å². The predicted octanol–water partition coefficient (Wildman–Crippen LogP) is 1.96. The smallest absolute Gasteiger partial charge is 0.322 e. The first-order valence-electron chi connectivity index (χ1n) is 9.90. The third-order valence-corrected chi connectivity index (χ3v) is 5.39. The Labute approximate surface area is 174 Å². The minimum Gasteiger partial charge on any atom is -0.490 e. The molecule has 0 unspecified atom stereocenters. The first kappa shape index (κ1) is 19.8. The van der Waals surface area contributed by atoms with Crippen LogP contribution in [0.15, 0.2) is 54.6 Å². The second-order valence-corrected chi connectivity index (χ2v) is 7.29. The molecule has 2 aliphatic rings. The number of urea groups is 1. The summed E-state index contributed by atoms with van der Waals surface area (Å²) in [5, 5.41) is 4.98. The molecule has 0 bridgehead atoms. The van der Waals surface area contributed by atoms with Crippen LogP contribution in [0.4, 0.5) is 4.79 Å². The second-order valence-electron chi connectivity index (χ2n) is 7.29. The molecule has 2 aromatic carbocycles. The quantitative estimate of drug-likeness (QED) is 0.562. The summed E-state index contributed by atoms with van der Waals surface area (Å²) >= 11 is 0. The highest BCUT2D eigenvalue weighted by atomic mass is 16.5. The number of likely N-dealkylation sites (tertiary alicyclic amines) is 1. The summed E-state index contributed by atoms with van der Waals surface area (Å²) in [5.74, 6) is 0.776. The zero-order valence-electron chi connectivity index (χ0n) is 16.4. The molecule has 8 heteroatoms. The number of benzene rings is 2. The number of piperidine rings is 1. The molecule has 2 heterocycles. The fourth-order valence-electron chi connectivity index (χ4n) is 3.74. The number of carbonyl (C=O) groups excluding carboxylic acids is 3. The van der Waals surface area contributed by atoms with Crippen LogP contribution in [0, 0.1) is 0 Å². The molecule has 2 N–H and O–H groups in total. The number of ether oxygens (including phenoxy) is 2. The van der Waals surface area contributed by atoms with E-state index in [-0.39, 0.29) is 11.8 Å². The van der Waals surface area contributed by atoms with Gasteiger partial charge in [0, 0.05) is 13.1 Å². The Kier molecular flexibility index (Phi) is 5.56. The van der Waals surface area contributed by atoms with Gasteiger partial charge in [0.1, 0.15) is 30.3 Å². The summed E-state index contributed by atoms with van der Waals surface area (Å²) < 4.78 is 11.4. The van der Waals surface area contributed by atoms with Crippen LogP contribution in [0.3, 0.4) is 0 Å². The van der Waals surface area contributed by atoms with Crippen LogP contribution in [0.25, 0.3) is 0 Å². The maximum absolute atomic E-state index is 13.1. The van der Waals surface area contributed by atoms with E-state index in [1.165, 1.54) is 0 Å². The highest BCUT2D eigenvalue weighted by Crippen LogP contribution is 2.28. The van der Waals surface area contributed by atoms with Gasteiger partial charge in [-0.2, -0.15) is 0 Å². The molecule has 2 saturated heterocycles. The molecule has 0 aromatic heterocycles. The number of nitrogens with one attached hydrogen (secondary N) is 2. The van der Waals surface area contributed by atoms with Gasteiger partial charge in [0.25, 0.3) is 11.8 Å². The number of rotatable bonds is 6. The van der Waals surface area contributed by atoms with E-state index in [4.69, 9.17) is 9.47 Å². The number of amides is 4. The second kappa shape index (κ2) is 8.44. The first-order chi connectivity index (χ1) is 14.6. The molecule has 1 spiro atoms. The zero-order chi connectivity index (χ0) is 21.0. The van der Waals surface area contributed by atoms with Crippen LogP contribution in [0.2, 0.25) is 0 Å². The third-order valence-electron chi connectivity index (χ3n) is 5.39. The summed E-state index contributed by atoms with van der Waals surface area (Å²) in [6.07, 6.45) is 0.758. The van der Waals surface area contributed by atoms with Crippen molar-refractivity contribution in [1.82, 2.24) is 15.5 Å². The van der Waals surface area contributed by atoms with E-state index in [9.17, 15) is 14.4 Å². The van der Waals surface area contributed by atoms with Gasteiger partial charge in [0.2, 0.25) is 0 Å². The van der Waals surface area contributed by atoms with Crippen LogP contribution < -0.4 is 20.1 Å². The lowest BCUT2D eigenvalue weighted by atomic mass is 9.87.